The molecular formula is C12H21BrN4. The molecule has 0 aromatic carbocycles. The number of hydrazine groups is 1. The number of nitrogens with zero attached hydrogens (tertiary/aromatic N) is 2. The van der Waals surface area contributed by atoms with Crippen LogP contribution in [0.15, 0.2) is 10.7 Å². The van der Waals surface area contributed by atoms with E-state index in [1.807, 2.05) is 17.9 Å². The summed E-state index contributed by atoms with van der Waals surface area (Å²) in [5.41, 5.74) is 4.38. The van der Waals surface area contributed by atoms with Crippen molar-refractivity contribution in [2.75, 3.05) is 0 Å². The molecule has 1 aromatic heterocycles. The Balaban J connectivity index is 2.32. The van der Waals surface area contributed by atoms with Crippen molar-refractivity contribution in [1.29, 1.82) is 0 Å². The summed E-state index contributed by atoms with van der Waals surface area (Å²) in [5, 5.41) is 4.29. The third kappa shape index (κ3) is 2.41. The van der Waals surface area contributed by atoms with Crippen LogP contribution in [0.3, 0.4) is 0 Å². The van der Waals surface area contributed by atoms with E-state index in [2.05, 4.69) is 33.4 Å². The molecule has 5 heteroatoms. The fourth-order valence-corrected chi connectivity index (χ4v) is 3.58. The first-order chi connectivity index (χ1) is 8.08. The van der Waals surface area contributed by atoms with E-state index in [-0.39, 0.29) is 11.5 Å². The van der Waals surface area contributed by atoms with E-state index in [0.717, 1.165) is 10.2 Å². The van der Waals surface area contributed by atoms with E-state index in [1.165, 1.54) is 32.1 Å². The van der Waals surface area contributed by atoms with E-state index in [9.17, 15) is 0 Å². The SMILES string of the molecule is Cn1ncc(Br)c1C(NN)C1(C)CCCCC1. The van der Waals surface area contributed by atoms with Gasteiger partial charge in [0.05, 0.1) is 22.4 Å². The molecule has 17 heavy (non-hydrogen) atoms. The van der Waals surface area contributed by atoms with Gasteiger partial charge < -0.3 is 0 Å². The quantitative estimate of drug-likeness (QED) is 0.666. The molecule has 1 aliphatic carbocycles. The number of nitrogens with two attached hydrogens (primary N) is 1. The molecule has 1 atom stereocenters. The average Bonchev–Trinajstić information content (AvgIpc) is 2.63. The van der Waals surface area contributed by atoms with Gasteiger partial charge in [-0.1, -0.05) is 26.2 Å². The van der Waals surface area contributed by atoms with Crippen LogP contribution in [-0.2, 0) is 7.05 Å². The summed E-state index contributed by atoms with van der Waals surface area (Å²) in [4.78, 5) is 0. The van der Waals surface area contributed by atoms with Crippen LogP contribution in [0.5, 0.6) is 0 Å². The molecule has 0 radical (unpaired) electrons. The number of hydrogen-bond acceptors (Lipinski definition) is 3. The Bertz CT molecular complexity index is 362. The summed E-state index contributed by atoms with van der Waals surface area (Å²) in [6, 6.07) is 0.157. The van der Waals surface area contributed by atoms with Gasteiger partial charge in [0.25, 0.3) is 0 Å². The number of nitrogens with one attached hydrogen (secondary N) is 1. The van der Waals surface area contributed by atoms with Gasteiger partial charge in [-0.15, -0.1) is 0 Å². The van der Waals surface area contributed by atoms with Gasteiger partial charge in [0, 0.05) is 7.05 Å². The highest BCUT2D eigenvalue weighted by Gasteiger charge is 2.38. The van der Waals surface area contributed by atoms with E-state index in [0.29, 0.717) is 0 Å². The molecule has 0 amide bonds. The van der Waals surface area contributed by atoms with Crippen LogP contribution in [0.4, 0.5) is 0 Å². The van der Waals surface area contributed by atoms with Crippen LogP contribution in [0.25, 0.3) is 0 Å². The lowest BCUT2D eigenvalue weighted by molar-refractivity contribution is 0.139. The Labute approximate surface area is 111 Å². The van der Waals surface area contributed by atoms with Crippen LogP contribution in [0.1, 0.15) is 50.8 Å². The molecular weight excluding hydrogens is 280 g/mol. The number of hydrogen-bond donors (Lipinski definition) is 2. The van der Waals surface area contributed by atoms with Crippen molar-refractivity contribution in [3.05, 3.63) is 16.4 Å². The van der Waals surface area contributed by atoms with Gasteiger partial charge in [0.1, 0.15) is 0 Å². The molecule has 1 unspecified atom stereocenters. The predicted octanol–water partition coefficient (Wildman–Crippen LogP) is 2.66. The summed E-state index contributed by atoms with van der Waals surface area (Å²) >= 11 is 3.57. The van der Waals surface area contributed by atoms with Crippen LogP contribution < -0.4 is 11.3 Å². The maximum absolute atomic E-state index is 5.81. The first-order valence-corrected chi connectivity index (χ1v) is 7.01. The van der Waals surface area contributed by atoms with Crippen molar-refractivity contribution in [2.45, 2.75) is 45.1 Å². The molecule has 4 nitrogen and oxygen atoms in total. The first kappa shape index (κ1) is 13.1. The minimum atomic E-state index is 0.157. The van der Waals surface area contributed by atoms with E-state index in [1.54, 1.807) is 0 Å². The zero-order valence-corrected chi connectivity index (χ0v) is 12.1. The summed E-state index contributed by atoms with van der Waals surface area (Å²) in [6.07, 6.45) is 8.22. The molecule has 1 aromatic rings. The van der Waals surface area contributed by atoms with Crippen molar-refractivity contribution in [3.8, 4) is 0 Å². The first-order valence-electron chi connectivity index (χ1n) is 6.22. The molecule has 3 N–H and O–H groups in total. The molecule has 1 heterocycles. The van der Waals surface area contributed by atoms with Gasteiger partial charge in [-0.05, 0) is 34.2 Å². The van der Waals surface area contributed by atoms with E-state index < -0.39 is 0 Å². The van der Waals surface area contributed by atoms with Gasteiger partial charge in [0.2, 0.25) is 0 Å². The Morgan fingerprint density at radius 3 is 2.59 bits per heavy atom. The van der Waals surface area contributed by atoms with Crippen LogP contribution in [-0.4, -0.2) is 9.78 Å². The van der Waals surface area contributed by atoms with Gasteiger partial charge >= 0.3 is 0 Å². The summed E-state index contributed by atoms with van der Waals surface area (Å²) < 4.78 is 2.95. The highest BCUT2D eigenvalue weighted by molar-refractivity contribution is 9.10. The second kappa shape index (κ2) is 5.08. The second-order valence-corrected chi connectivity index (χ2v) is 6.17. The Morgan fingerprint density at radius 1 is 1.47 bits per heavy atom. The smallest absolute Gasteiger partial charge is 0.0711 e. The maximum Gasteiger partial charge on any atom is 0.0711 e. The second-order valence-electron chi connectivity index (χ2n) is 5.32. The van der Waals surface area contributed by atoms with Crippen LogP contribution in [0.2, 0.25) is 0 Å². The topological polar surface area (TPSA) is 55.9 Å². The van der Waals surface area contributed by atoms with E-state index in [4.69, 9.17) is 5.84 Å². The zero-order valence-electron chi connectivity index (χ0n) is 10.5. The number of aryl methyl sites for hydroxylation is 1. The molecule has 0 aliphatic heterocycles. The maximum atomic E-state index is 5.81. The van der Waals surface area contributed by atoms with Crippen LogP contribution in [0, 0.1) is 5.41 Å². The summed E-state index contributed by atoms with van der Waals surface area (Å²) in [5.74, 6) is 5.81. The van der Waals surface area contributed by atoms with Crippen molar-refractivity contribution in [3.63, 3.8) is 0 Å². The lowest BCUT2D eigenvalue weighted by Gasteiger charge is -2.40. The molecule has 0 bridgehead atoms. The molecule has 1 saturated carbocycles. The Morgan fingerprint density at radius 2 is 2.12 bits per heavy atom. The third-order valence-electron chi connectivity index (χ3n) is 4.07. The monoisotopic (exact) mass is 300 g/mol. The number of rotatable bonds is 3. The molecule has 0 saturated heterocycles. The largest absolute Gasteiger partial charge is 0.271 e. The summed E-state index contributed by atoms with van der Waals surface area (Å²) in [6.45, 7) is 2.33. The molecule has 96 valence electrons. The van der Waals surface area contributed by atoms with Crippen molar-refractivity contribution in [1.82, 2.24) is 15.2 Å². The Kier molecular flexibility index (Phi) is 3.90. The molecule has 1 fully saturated rings. The highest BCUT2D eigenvalue weighted by atomic mass is 79.9. The number of halogens is 1. The number of aromatic nitrogens is 2. The molecule has 0 spiro atoms. The normalized spacial score (nSPS) is 21.4. The van der Waals surface area contributed by atoms with Gasteiger partial charge in [0.15, 0.2) is 0 Å². The minimum Gasteiger partial charge on any atom is -0.271 e. The fourth-order valence-electron chi connectivity index (χ4n) is 3.00. The lowest BCUT2D eigenvalue weighted by atomic mass is 9.70. The third-order valence-corrected chi connectivity index (χ3v) is 4.68. The summed E-state index contributed by atoms with van der Waals surface area (Å²) in [7, 11) is 1.97. The van der Waals surface area contributed by atoms with Gasteiger partial charge in [-0.25, -0.2) is 0 Å². The van der Waals surface area contributed by atoms with Crippen LogP contribution >= 0.6 is 15.9 Å². The van der Waals surface area contributed by atoms with E-state index >= 15 is 0 Å². The van der Waals surface area contributed by atoms with Gasteiger partial charge in [-0.3, -0.25) is 16.0 Å². The highest BCUT2D eigenvalue weighted by Crippen LogP contribution is 2.46. The Hall–Kier alpha value is -0.390. The standard InChI is InChI=1S/C12H21BrN4/c1-12(6-4-3-5-7-12)11(16-14)10-9(13)8-15-17(10)2/h8,11,16H,3-7,14H2,1-2H3. The lowest BCUT2D eigenvalue weighted by Crippen LogP contribution is -2.42. The molecule has 2 rings (SSSR count). The minimum absolute atomic E-state index is 0.157. The predicted molar refractivity (Wildman–Crippen MR) is 72.2 cm³/mol. The van der Waals surface area contributed by atoms with Crippen molar-refractivity contribution >= 4 is 15.9 Å². The van der Waals surface area contributed by atoms with Crippen molar-refractivity contribution < 1.29 is 0 Å². The zero-order chi connectivity index (χ0) is 12.5. The van der Waals surface area contributed by atoms with Gasteiger partial charge in [-0.2, -0.15) is 5.10 Å². The molecule has 1 aliphatic rings. The fraction of sp³-hybridized carbons (Fsp3) is 0.750. The average molecular weight is 301 g/mol. The van der Waals surface area contributed by atoms with Crippen molar-refractivity contribution in [2.24, 2.45) is 18.3 Å².